The number of rotatable bonds is 5. The SMILES string of the molecule is CCNC(=O)N(C1=C(N)C=C(C(=O)NC(C)C)CC1)c1ccccc1. The Morgan fingerprint density at radius 3 is 2.44 bits per heavy atom. The summed E-state index contributed by atoms with van der Waals surface area (Å²) in [6.07, 6.45) is 2.73. The molecule has 1 aromatic carbocycles. The first-order valence-electron chi connectivity index (χ1n) is 8.57. The van der Waals surface area contributed by atoms with Crippen molar-refractivity contribution >= 4 is 17.6 Å². The number of urea groups is 1. The molecule has 1 aromatic rings. The van der Waals surface area contributed by atoms with E-state index in [1.165, 1.54) is 0 Å². The van der Waals surface area contributed by atoms with Crippen molar-refractivity contribution < 1.29 is 9.59 Å². The molecule has 1 aliphatic rings. The largest absolute Gasteiger partial charge is 0.397 e. The van der Waals surface area contributed by atoms with E-state index in [9.17, 15) is 9.59 Å². The zero-order valence-corrected chi connectivity index (χ0v) is 15.0. The van der Waals surface area contributed by atoms with Crippen LogP contribution < -0.4 is 21.3 Å². The number of nitrogens with two attached hydrogens (primary N) is 1. The summed E-state index contributed by atoms with van der Waals surface area (Å²) in [6, 6.07) is 9.20. The first-order chi connectivity index (χ1) is 11.9. The number of benzene rings is 1. The summed E-state index contributed by atoms with van der Waals surface area (Å²) in [5.41, 5.74) is 8.74. The van der Waals surface area contributed by atoms with Crippen LogP contribution in [0.25, 0.3) is 0 Å². The van der Waals surface area contributed by atoms with Crippen LogP contribution in [0.5, 0.6) is 0 Å². The van der Waals surface area contributed by atoms with E-state index in [1.807, 2.05) is 51.1 Å². The van der Waals surface area contributed by atoms with Gasteiger partial charge in [0.15, 0.2) is 0 Å². The fourth-order valence-electron chi connectivity index (χ4n) is 2.72. The Morgan fingerprint density at radius 2 is 1.88 bits per heavy atom. The minimum atomic E-state index is -0.227. The predicted octanol–water partition coefficient (Wildman–Crippen LogP) is 2.64. The lowest BCUT2D eigenvalue weighted by Crippen LogP contribution is -2.41. The molecular weight excluding hydrogens is 316 g/mol. The van der Waals surface area contributed by atoms with Crippen LogP contribution >= 0.6 is 0 Å². The van der Waals surface area contributed by atoms with Gasteiger partial charge in [0, 0.05) is 18.2 Å². The third-order valence-corrected chi connectivity index (χ3v) is 3.82. The van der Waals surface area contributed by atoms with Crippen molar-refractivity contribution in [3.8, 4) is 0 Å². The lowest BCUT2D eigenvalue weighted by Gasteiger charge is -2.29. The number of carbonyl (C=O) groups excluding carboxylic acids is 2. The third-order valence-electron chi connectivity index (χ3n) is 3.82. The predicted molar refractivity (Wildman–Crippen MR) is 99.8 cm³/mol. The van der Waals surface area contributed by atoms with Gasteiger partial charge < -0.3 is 16.4 Å². The van der Waals surface area contributed by atoms with Crippen LogP contribution in [0.1, 0.15) is 33.6 Å². The van der Waals surface area contributed by atoms with Crippen LogP contribution in [-0.4, -0.2) is 24.5 Å². The molecule has 0 aromatic heterocycles. The van der Waals surface area contributed by atoms with Crippen molar-refractivity contribution in [3.63, 3.8) is 0 Å². The number of hydrogen-bond donors (Lipinski definition) is 3. The molecule has 0 saturated heterocycles. The fraction of sp³-hybridized carbons (Fsp3) is 0.368. The number of para-hydroxylation sites is 1. The average molecular weight is 342 g/mol. The van der Waals surface area contributed by atoms with Crippen molar-refractivity contribution in [2.45, 2.75) is 39.7 Å². The Bertz CT molecular complexity index is 693. The molecule has 25 heavy (non-hydrogen) atoms. The van der Waals surface area contributed by atoms with Crippen LogP contribution in [-0.2, 0) is 4.79 Å². The summed E-state index contributed by atoms with van der Waals surface area (Å²) >= 11 is 0. The number of carbonyl (C=O) groups is 2. The highest BCUT2D eigenvalue weighted by molar-refractivity contribution is 5.97. The Labute approximate surface area is 148 Å². The van der Waals surface area contributed by atoms with Gasteiger partial charge in [0.05, 0.1) is 17.1 Å². The average Bonchev–Trinajstić information content (AvgIpc) is 2.57. The van der Waals surface area contributed by atoms with Crippen molar-refractivity contribution in [3.05, 3.63) is 53.4 Å². The Morgan fingerprint density at radius 1 is 1.20 bits per heavy atom. The number of nitrogens with one attached hydrogen (secondary N) is 2. The van der Waals surface area contributed by atoms with Gasteiger partial charge in [-0.15, -0.1) is 0 Å². The number of anilines is 1. The second-order valence-electron chi connectivity index (χ2n) is 6.21. The lowest BCUT2D eigenvalue weighted by molar-refractivity contribution is -0.118. The zero-order valence-electron chi connectivity index (χ0n) is 15.0. The molecule has 134 valence electrons. The van der Waals surface area contributed by atoms with E-state index in [2.05, 4.69) is 10.6 Å². The van der Waals surface area contributed by atoms with Crippen molar-refractivity contribution in [2.24, 2.45) is 5.73 Å². The van der Waals surface area contributed by atoms with Gasteiger partial charge in [0.25, 0.3) is 0 Å². The molecule has 2 rings (SSSR count). The molecule has 0 unspecified atom stereocenters. The van der Waals surface area contributed by atoms with Crippen LogP contribution in [0, 0.1) is 0 Å². The van der Waals surface area contributed by atoms with Gasteiger partial charge in [-0.1, -0.05) is 18.2 Å². The monoisotopic (exact) mass is 342 g/mol. The van der Waals surface area contributed by atoms with Gasteiger partial charge >= 0.3 is 6.03 Å². The maximum atomic E-state index is 12.6. The molecule has 3 amide bonds. The highest BCUT2D eigenvalue weighted by Crippen LogP contribution is 2.29. The minimum absolute atomic E-state index is 0.0659. The first kappa shape index (κ1) is 18.6. The van der Waals surface area contributed by atoms with Crippen molar-refractivity contribution in [2.75, 3.05) is 11.4 Å². The number of allylic oxidation sites excluding steroid dienone is 2. The summed E-state index contributed by atoms with van der Waals surface area (Å²) < 4.78 is 0. The zero-order chi connectivity index (χ0) is 18.4. The topological polar surface area (TPSA) is 87.5 Å². The van der Waals surface area contributed by atoms with Gasteiger partial charge in [0.2, 0.25) is 5.91 Å². The standard InChI is InChI=1S/C19H26N4O2/c1-4-21-19(25)23(15-8-6-5-7-9-15)17-11-10-14(12-16(17)20)18(24)22-13(2)3/h5-9,12-13H,4,10-11,20H2,1-3H3,(H,21,25)(H,22,24). The third kappa shape index (κ3) is 4.62. The Kier molecular flexibility index (Phi) is 6.22. The smallest absolute Gasteiger partial charge is 0.326 e. The Hall–Kier alpha value is -2.76. The second-order valence-corrected chi connectivity index (χ2v) is 6.21. The molecule has 1 aliphatic carbocycles. The van der Waals surface area contributed by atoms with E-state index in [0.717, 1.165) is 5.69 Å². The van der Waals surface area contributed by atoms with Crippen LogP contribution in [0.2, 0.25) is 0 Å². The van der Waals surface area contributed by atoms with Gasteiger partial charge in [-0.05, 0) is 51.8 Å². The molecule has 0 heterocycles. The summed E-state index contributed by atoms with van der Waals surface area (Å²) in [5, 5.41) is 5.69. The van der Waals surface area contributed by atoms with Crippen molar-refractivity contribution in [1.29, 1.82) is 0 Å². The molecule has 0 bridgehead atoms. The molecule has 0 aliphatic heterocycles. The van der Waals surface area contributed by atoms with E-state index in [4.69, 9.17) is 5.73 Å². The summed E-state index contributed by atoms with van der Waals surface area (Å²) in [6.45, 7) is 6.22. The normalized spacial score (nSPS) is 14.2. The van der Waals surface area contributed by atoms with E-state index >= 15 is 0 Å². The summed E-state index contributed by atoms with van der Waals surface area (Å²) in [5.74, 6) is -0.110. The van der Waals surface area contributed by atoms with Gasteiger partial charge in [-0.2, -0.15) is 0 Å². The number of amides is 3. The maximum absolute atomic E-state index is 12.6. The van der Waals surface area contributed by atoms with Crippen LogP contribution in [0.3, 0.4) is 0 Å². The number of nitrogens with zero attached hydrogens (tertiary/aromatic N) is 1. The van der Waals surface area contributed by atoms with Crippen LogP contribution in [0.4, 0.5) is 10.5 Å². The van der Waals surface area contributed by atoms with Gasteiger partial charge in [0.1, 0.15) is 0 Å². The van der Waals surface area contributed by atoms with E-state index in [1.54, 1.807) is 11.0 Å². The fourth-order valence-corrected chi connectivity index (χ4v) is 2.72. The second kappa shape index (κ2) is 8.37. The van der Waals surface area contributed by atoms with Crippen molar-refractivity contribution in [1.82, 2.24) is 10.6 Å². The molecule has 6 heteroatoms. The molecule has 0 saturated carbocycles. The van der Waals surface area contributed by atoms with Crippen LogP contribution in [0.15, 0.2) is 53.4 Å². The van der Waals surface area contributed by atoms with E-state index in [-0.39, 0.29) is 18.0 Å². The van der Waals surface area contributed by atoms with Gasteiger partial charge in [-0.3, -0.25) is 9.69 Å². The highest BCUT2D eigenvalue weighted by Gasteiger charge is 2.26. The van der Waals surface area contributed by atoms with E-state index in [0.29, 0.717) is 36.4 Å². The highest BCUT2D eigenvalue weighted by atomic mass is 16.2. The molecule has 0 atom stereocenters. The molecule has 4 N–H and O–H groups in total. The summed E-state index contributed by atoms with van der Waals surface area (Å²) in [7, 11) is 0. The molecule has 0 fully saturated rings. The molecule has 6 nitrogen and oxygen atoms in total. The Balaban J connectivity index is 2.36. The quantitative estimate of drug-likeness (QED) is 0.769. The first-order valence-corrected chi connectivity index (χ1v) is 8.57. The maximum Gasteiger partial charge on any atom is 0.326 e. The molecule has 0 spiro atoms. The van der Waals surface area contributed by atoms with E-state index < -0.39 is 0 Å². The molecular formula is C19H26N4O2. The number of hydrogen-bond acceptors (Lipinski definition) is 3. The van der Waals surface area contributed by atoms with Gasteiger partial charge in [-0.25, -0.2) is 4.79 Å². The summed E-state index contributed by atoms with van der Waals surface area (Å²) in [4.78, 5) is 26.4. The minimum Gasteiger partial charge on any atom is -0.397 e. The molecule has 0 radical (unpaired) electrons. The lowest BCUT2D eigenvalue weighted by atomic mass is 9.98.